The number of carbonyl (C=O) groups is 8. The van der Waals surface area contributed by atoms with Crippen LogP contribution in [-0.4, -0.2) is 316 Å². The number of nitrogens with zero attached hydrogens (tertiary/aromatic N) is 8. The van der Waals surface area contributed by atoms with E-state index in [0.717, 1.165) is 0 Å². The summed E-state index contributed by atoms with van der Waals surface area (Å²) in [6.07, 6.45) is 0. The lowest BCUT2D eigenvalue weighted by Gasteiger charge is -2.33. The van der Waals surface area contributed by atoms with Crippen LogP contribution in [0.5, 0.6) is 0 Å². The monoisotopic (exact) mass is 967 g/mol. The second-order valence-electron chi connectivity index (χ2n) is 15.6. The summed E-state index contributed by atoms with van der Waals surface area (Å²) in [4.78, 5) is 112. The van der Waals surface area contributed by atoms with Gasteiger partial charge in [0.15, 0.2) is 0 Å². The largest absolute Gasteiger partial charge is 0.412 e. The van der Waals surface area contributed by atoms with Gasteiger partial charge in [-0.25, -0.2) is 0 Å². The Morgan fingerprint density at radius 1 is 0.224 bits per heavy atom. The van der Waals surface area contributed by atoms with Gasteiger partial charge in [-0.2, -0.15) is 0 Å². The van der Waals surface area contributed by atoms with Gasteiger partial charge < -0.3 is 59.0 Å². The molecule has 27 nitrogen and oxygen atoms in total. The lowest BCUT2D eigenvalue weighted by molar-refractivity contribution is -0.124. The molecule has 0 saturated carbocycles. The number of likely N-dealkylation sites (N-methyl/N-ethyl adjacent to an activating group) is 8. The zero-order chi connectivity index (χ0) is 47.9. The smallest absolute Gasteiger partial charge is 0.233 e. The van der Waals surface area contributed by atoms with Gasteiger partial charge in [0.05, 0.1) is 52.4 Å². The van der Waals surface area contributed by atoms with Crippen LogP contribution in [0.2, 0.25) is 0 Å². The molecule has 8 amide bonds. The predicted molar refractivity (Wildman–Crippen MR) is 255 cm³/mol. The predicted octanol–water partition coefficient (Wildman–Crippen LogP) is -10.1. The highest BCUT2D eigenvalue weighted by Gasteiger charge is 2.23. The maximum Gasteiger partial charge on any atom is 0.233 e. The van der Waals surface area contributed by atoms with Gasteiger partial charge in [0.2, 0.25) is 47.3 Å². The van der Waals surface area contributed by atoms with Crippen molar-refractivity contribution in [2.75, 3.05) is 213 Å². The molecule has 2 aliphatic rings. The van der Waals surface area contributed by atoms with E-state index in [9.17, 15) is 38.4 Å². The zero-order valence-corrected chi connectivity index (χ0v) is 41.3. The highest BCUT2D eigenvalue weighted by molar-refractivity contribution is 5.80. The maximum atomic E-state index is 12.0. The van der Waals surface area contributed by atoms with Crippen molar-refractivity contribution >= 4 is 47.3 Å². The van der Waals surface area contributed by atoms with E-state index in [0.29, 0.717) is 105 Å². The molecular formula is C40H86N16O11. The van der Waals surface area contributed by atoms with Crippen LogP contribution in [0.3, 0.4) is 0 Å². The van der Waals surface area contributed by atoms with Crippen molar-refractivity contribution in [3.05, 3.63) is 0 Å². The quantitative estimate of drug-likeness (QED) is 0.0712. The molecule has 2 aliphatic heterocycles. The first kappa shape index (κ1) is 66.6. The SMILES string of the molecule is CNC(=O)CN1CCN(CC(=O)NC)CCN(CC(=O)NC)CCN(CC(=O)NC)CC1.CNC(=O)CN1CCN(CC(=O)NC)CCN(CC(=O)NC)CCN(CC(=O)NC)CC1.O.O.O. The molecule has 0 bridgehead atoms. The fraction of sp³-hybridized carbons (Fsp3) is 0.800. The molecule has 2 rings (SSSR count). The van der Waals surface area contributed by atoms with Crippen LogP contribution < -0.4 is 42.5 Å². The Balaban J connectivity index is -0.00000117. The summed E-state index contributed by atoms with van der Waals surface area (Å²) in [6.45, 7) is 11.7. The Bertz CT molecular complexity index is 1110. The minimum Gasteiger partial charge on any atom is -0.412 e. The second kappa shape index (κ2) is 39.3. The summed E-state index contributed by atoms with van der Waals surface area (Å²) < 4.78 is 0. The average molecular weight is 967 g/mol. The van der Waals surface area contributed by atoms with Gasteiger partial charge in [0.25, 0.3) is 0 Å². The molecular weight excluding hydrogens is 881 g/mol. The van der Waals surface area contributed by atoms with Crippen molar-refractivity contribution in [3.63, 3.8) is 0 Å². The molecule has 27 heteroatoms. The van der Waals surface area contributed by atoms with Crippen LogP contribution in [-0.2, 0) is 38.4 Å². The average Bonchev–Trinajstić information content (AvgIpc) is 3.29. The Morgan fingerprint density at radius 3 is 0.358 bits per heavy atom. The Hall–Kier alpha value is -4.68. The summed E-state index contributed by atoms with van der Waals surface area (Å²) in [5.41, 5.74) is 0. The lowest BCUT2D eigenvalue weighted by atomic mass is 10.3. The van der Waals surface area contributed by atoms with Gasteiger partial charge in [-0.1, -0.05) is 0 Å². The van der Waals surface area contributed by atoms with Crippen LogP contribution in [0.1, 0.15) is 0 Å². The number of hydrogen-bond acceptors (Lipinski definition) is 16. The summed E-state index contributed by atoms with van der Waals surface area (Å²) in [7, 11) is 12.9. The van der Waals surface area contributed by atoms with Crippen LogP contribution in [0, 0.1) is 0 Å². The minimum absolute atomic E-state index is 0. The summed E-state index contributed by atoms with van der Waals surface area (Å²) >= 11 is 0. The molecule has 2 fully saturated rings. The van der Waals surface area contributed by atoms with Crippen molar-refractivity contribution in [2.24, 2.45) is 0 Å². The molecule has 0 unspecified atom stereocenters. The van der Waals surface area contributed by atoms with E-state index in [1.807, 2.05) is 39.2 Å². The third-order valence-corrected chi connectivity index (χ3v) is 11.0. The van der Waals surface area contributed by atoms with Gasteiger partial charge in [-0.3, -0.25) is 77.6 Å². The van der Waals surface area contributed by atoms with Crippen molar-refractivity contribution in [1.29, 1.82) is 0 Å². The van der Waals surface area contributed by atoms with Gasteiger partial charge in [-0.15, -0.1) is 0 Å². The van der Waals surface area contributed by atoms with E-state index in [4.69, 9.17) is 0 Å². The Morgan fingerprint density at radius 2 is 0.299 bits per heavy atom. The van der Waals surface area contributed by atoms with E-state index in [-0.39, 0.29) is 116 Å². The number of rotatable bonds is 16. The lowest BCUT2D eigenvalue weighted by Crippen LogP contribution is -2.51. The van der Waals surface area contributed by atoms with Crippen LogP contribution in [0.25, 0.3) is 0 Å². The van der Waals surface area contributed by atoms with E-state index in [2.05, 4.69) is 42.5 Å². The standard InChI is InChI=1S/2C20H40N8O4.3H2O/c2*1-21-17(29)13-25-5-7-26(14-18(30)22-2)9-11-28(16-20(32)24-4)12-10-27(8-6-25)15-19(31)23-3;;;/h2*5-16H2,1-4H3,(H,21,29)(H,22,30)(H,23,31)(H,24,32);3*1H2. The first-order chi connectivity index (χ1) is 30.6. The number of carbonyl (C=O) groups excluding carboxylic acids is 8. The molecule has 2 heterocycles. The van der Waals surface area contributed by atoms with Gasteiger partial charge >= 0.3 is 0 Å². The van der Waals surface area contributed by atoms with Crippen LogP contribution in [0.15, 0.2) is 0 Å². The molecule has 0 aromatic heterocycles. The van der Waals surface area contributed by atoms with Crippen LogP contribution >= 0.6 is 0 Å². The second-order valence-corrected chi connectivity index (χ2v) is 15.6. The molecule has 0 spiro atoms. The van der Waals surface area contributed by atoms with Gasteiger partial charge in [0.1, 0.15) is 0 Å². The molecule has 14 N–H and O–H groups in total. The van der Waals surface area contributed by atoms with Gasteiger partial charge in [0, 0.05) is 161 Å². The third kappa shape index (κ3) is 31.1. The highest BCUT2D eigenvalue weighted by atomic mass is 16.2. The molecule has 0 atom stereocenters. The van der Waals surface area contributed by atoms with Crippen LogP contribution in [0.4, 0.5) is 0 Å². The Kier molecular flexibility index (Phi) is 39.1. The first-order valence-corrected chi connectivity index (χ1v) is 22.1. The number of hydrogen-bond donors (Lipinski definition) is 8. The topological polar surface area (TPSA) is 353 Å². The number of nitrogens with one attached hydrogen (secondary N) is 8. The van der Waals surface area contributed by atoms with E-state index < -0.39 is 0 Å². The van der Waals surface area contributed by atoms with E-state index >= 15 is 0 Å². The molecule has 0 aromatic rings. The van der Waals surface area contributed by atoms with Crippen molar-refractivity contribution < 1.29 is 54.8 Å². The van der Waals surface area contributed by atoms with Crippen molar-refractivity contribution in [2.45, 2.75) is 0 Å². The van der Waals surface area contributed by atoms with Gasteiger partial charge in [-0.05, 0) is 0 Å². The molecule has 0 radical (unpaired) electrons. The first-order valence-electron chi connectivity index (χ1n) is 22.1. The summed E-state index contributed by atoms with van der Waals surface area (Å²) in [5, 5.41) is 21.2. The normalized spacial score (nSPS) is 17.3. The summed E-state index contributed by atoms with van der Waals surface area (Å²) in [6, 6.07) is 0. The van der Waals surface area contributed by atoms with Crippen molar-refractivity contribution in [3.8, 4) is 0 Å². The van der Waals surface area contributed by atoms with Crippen molar-refractivity contribution in [1.82, 2.24) is 81.7 Å². The fourth-order valence-corrected chi connectivity index (χ4v) is 6.68. The molecule has 0 aliphatic carbocycles. The zero-order valence-electron chi connectivity index (χ0n) is 41.3. The van der Waals surface area contributed by atoms with E-state index in [1.165, 1.54) is 0 Å². The molecule has 0 aromatic carbocycles. The minimum atomic E-state index is -0.0791. The number of amides is 8. The highest BCUT2D eigenvalue weighted by Crippen LogP contribution is 2.03. The van der Waals surface area contributed by atoms with E-state index in [1.54, 1.807) is 56.4 Å². The molecule has 67 heavy (non-hydrogen) atoms. The fourth-order valence-electron chi connectivity index (χ4n) is 6.68. The molecule has 2 saturated heterocycles. The molecule has 392 valence electrons. The Labute approximate surface area is 396 Å². The summed E-state index contributed by atoms with van der Waals surface area (Å²) in [5.74, 6) is -0.633. The third-order valence-electron chi connectivity index (χ3n) is 11.0. The maximum absolute atomic E-state index is 12.0.